The molecule has 5 heteroatoms. The molecule has 2 aliphatic rings. The second-order valence-electron chi connectivity index (χ2n) is 7.09. The third-order valence-corrected chi connectivity index (χ3v) is 6.01. The van der Waals surface area contributed by atoms with Gasteiger partial charge in [-0.15, -0.1) is 0 Å². The van der Waals surface area contributed by atoms with Crippen LogP contribution in [0.4, 0.5) is 0 Å². The fourth-order valence-corrected chi connectivity index (χ4v) is 4.37. The lowest BCUT2D eigenvalue weighted by Crippen LogP contribution is -2.45. The van der Waals surface area contributed by atoms with Gasteiger partial charge >= 0.3 is 0 Å². The minimum absolute atomic E-state index is 0.597. The third-order valence-electron chi connectivity index (χ3n) is 5.58. The molecule has 3 atom stereocenters. The lowest BCUT2D eigenvalue weighted by atomic mass is 9.95. The molecule has 0 aliphatic heterocycles. The van der Waals surface area contributed by atoms with Crippen molar-refractivity contribution in [2.75, 3.05) is 27.8 Å². The molecule has 1 aromatic rings. The Morgan fingerprint density at radius 3 is 2.62 bits per heavy atom. The molecule has 2 bridgehead atoms. The van der Waals surface area contributed by atoms with Crippen molar-refractivity contribution in [3.63, 3.8) is 0 Å². The molecule has 2 saturated carbocycles. The first-order valence-corrected chi connectivity index (χ1v) is 9.24. The van der Waals surface area contributed by atoms with Gasteiger partial charge in [0.15, 0.2) is 16.6 Å². The number of ether oxygens (including phenoxy) is 2. The number of hydrogen-bond acceptors (Lipinski definition) is 3. The average Bonchev–Trinajstić information content (AvgIpc) is 3.22. The van der Waals surface area contributed by atoms with Crippen LogP contribution in [0.25, 0.3) is 0 Å². The van der Waals surface area contributed by atoms with E-state index in [4.69, 9.17) is 21.7 Å². The topological polar surface area (TPSA) is 33.7 Å². The lowest BCUT2D eigenvalue weighted by molar-refractivity contribution is 0.354. The lowest BCUT2D eigenvalue weighted by Gasteiger charge is -2.28. The van der Waals surface area contributed by atoms with E-state index in [1.807, 2.05) is 12.1 Å². The molecule has 4 nitrogen and oxygen atoms in total. The zero-order valence-corrected chi connectivity index (χ0v) is 15.7. The second kappa shape index (κ2) is 7.60. The number of fused-ring (bicyclic) bond motifs is 2. The summed E-state index contributed by atoms with van der Waals surface area (Å²) in [5.74, 6) is 3.32. The van der Waals surface area contributed by atoms with Crippen LogP contribution < -0.4 is 14.8 Å². The molecule has 0 amide bonds. The fourth-order valence-electron chi connectivity index (χ4n) is 4.12. The Kier molecular flexibility index (Phi) is 5.49. The van der Waals surface area contributed by atoms with Gasteiger partial charge in [0.1, 0.15) is 0 Å². The van der Waals surface area contributed by atoms with E-state index in [1.165, 1.54) is 31.2 Å². The van der Waals surface area contributed by atoms with Crippen molar-refractivity contribution >= 4 is 17.3 Å². The molecule has 0 saturated heterocycles. The van der Waals surface area contributed by atoms with Gasteiger partial charge in [0.2, 0.25) is 0 Å². The maximum atomic E-state index is 5.60. The standard InChI is InChI=1S/C19H28N2O2S/c1-21(19(24)20-16-11-14-4-6-15(16)10-14)9-8-13-5-7-17(22-2)18(12-13)23-3/h5,7,12,14-16H,4,6,8-11H2,1-3H3,(H,20,24)/t14-,15-,16+/m0/s1. The van der Waals surface area contributed by atoms with Gasteiger partial charge in [-0.2, -0.15) is 0 Å². The maximum absolute atomic E-state index is 5.60. The predicted octanol–water partition coefficient (Wildman–Crippen LogP) is 3.24. The Balaban J connectivity index is 1.49. The normalized spacial score (nSPS) is 24.7. The van der Waals surface area contributed by atoms with E-state index in [9.17, 15) is 0 Å². The van der Waals surface area contributed by atoms with Crippen LogP contribution in [0.15, 0.2) is 18.2 Å². The van der Waals surface area contributed by atoms with Gasteiger partial charge in [-0.25, -0.2) is 0 Å². The van der Waals surface area contributed by atoms with Gasteiger partial charge in [0.25, 0.3) is 0 Å². The molecule has 0 spiro atoms. The van der Waals surface area contributed by atoms with E-state index >= 15 is 0 Å². The molecular weight excluding hydrogens is 320 g/mol. The highest BCUT2D eigenvalue weighted by molar-refractivity contribution is 7.80. The zero-order valence-electron chi connectivity index (χ0n) is 14.9. The van der Waals surface area contributed by atoms with Crippen molar-refractivity contribution < 1.29 is 9.47 Å². The van der Waals surface area contributed by atoms with Crippen molar-refractivity contribution in [1.82, 2.24) is 10.2 Å². The molecule has 2 fully saturated rings. The van der Waals surface area contributed by atoms with Crippen LogP contribution in [-0.4, -0.2) is 43.9 Å². The summed E-state index contributed by atoms with van der Waals surface area (Å²) in [6, 6.07) is 6.68. The monoisotopic (exact) mass is 348 g/mol. The van der Waals surface area contributed by atoms with Crippen LogP contribution >= 0.6 is 12.2 Å². The third kappa shape index (κ3) is 3.77. The first-order valence-electron chi connectivity index (χ1n) is 8.83. The Morgan fingerprint density at radius 1 is 1.21 bits per heavy atom. The van der Waals surface area contributed by atoms with E-state index in [1.54, 1.807) is 14.2 Å². The molecule has 0 aromatic heterocycles. The van der Waals surface area contributed by atoms with Crippen LogP contribution in [0, 0.1) is 11.8 Å². The molecule has 132 valence electrons. The van der Waals surface area contributed by atoms with E-state index in [0.29, 0.717) is 6.04 Å². The molecule has 0 unspecified atom stereocenters. The van der Waals surface area contributed by atoms with Crippen molar-refractivity contribution in [1.29, 1.82) is 0 Å². The average molecular weight is 349 g/mol. The Morgan fingerprint density at radius 2 is 2.00 bits per heavy atom. The summed E-state index contributed by atoms with van der Waals surface area (Å²) < 4.78 is 10.7. The molecule has 3 rings (SSSR count). The number of nitrogens with zero attached hydrogens (tertiary/aromatic N) is 1. The van der Waals surface area contributed by atoms with Crippen LogP contribution in [0.1, 0.15) is 31.2 Å². The summed E-state index contributed by atoms with van der Waals surface area (Å²) >= 11 is 5.60. The van der Waals surface area contributed by atoms with Gasteiger partial charge in [-0.1, -0.05) is 12.5 Å². The van der Waals surface area contributed by atoms with Gasteiger partial charge in [-0.3, -0.25) is 0 Å². The van der Waals surface area contributed by atoms with Gasteiger partial charge in [0.05, 0.1) is 14.2 Å². The van der Waals surface area contributed by atoms with E-state index in [0.717, 1.165) is 41.4 Å². The highest BCUT2D eigenvalue weighted by Crippen LogP contribution is 2.44. The second-order valence-corrected chi connectivity index (χ2v) is 7.48. The molecule has 24 heavy (non-hydrogen) atoms. The highest BCUT2D eigenvalue weighted by atomic mass is 32.1. The first-order chi connectivity index (χ1) is 11.6. The Labute approximate surface area is 150 Å². The molecule has 0 radical (unpaired) electrons. The minimum atomic E-state index is 0.597. The van der Waals surface area contributed by atoms with E-state index < -0.39 is 0 Å². The number of nitrogens with one attached hydrogen (secondary N) is 1. The number of hydrogen-bond donors (Lipinski definition) is 1. The van der Waals surface area contributed by atoms with E-state index in [2.05, 4.69) is 23.3 Å². The zero-order chi connectivity index (χ0) is 17.1. The summed E-state index contributed by atoms with van der Waals surface area (Å²) in [7, 11) is 5.40. The van der Waals surface area contributed by atoms with Crippen LogP contribution in [0.2, 0.25) is 0 Å². The molecule has 1 N–H and O–H groups in total. The summed E-state index contributed by atoms with van der Waals surface area (Å²) in [4.78, 5) is 2.15. The van der Waals surface area contributed by atoms with Crippen molar-refractivity contribution in [3.05, 3.63) is 23.8 Å². The Bertz CT molecular complexity index is 593. The number of likely N-dealkylation sites (N-methyl/N-ethyl adjacent to an activating group) is 1. The van der Waals surface area contributed by atoms with Gasteiger partial charge in [-0.05, 0) is 67.4 Å². The summed E-state index contributed by atoms with van der Waals surface area (Å²) in [6.07, 6.45) is 6.42. The van der Waals surface area contributed by atoms with E-state index in [-0.39, 0.29) is 0 Å². The largest absolute Gasteiger partial charge is 0.493 e. The van der Waals surface area contributed by atoms with Crippen molar-refractivity contribution in [2.24, 2.45) is 11.8 Å². The predicted molar refractivity (Wildman–Crippen MR) is 101 cm³/mol. The van der Waals surface area contributed by atoms with Crippen molar-refractivity contribution in [3.8, 4) is 11.5 Å². The number of benzene rings is 1. The first kappa shape index (κ1) is 17.3. The van der Waals surface area contributed by atoms with Crippen LogP contribution in [-0.2, 0) is 6.42 Å². The molecular formula is C19H28N2O2S. The number of methoxy groups -OCH3 is 2. The number of thiocarbonyl (C=S) groups is 1. The van der Waals surface area contributed by atoms with Crippen LogP contribution in [0.5, 0.6) is 11.5 Å². The number of rotatable bonds is 6. The summed E-state index contributed by atoms with van der Waals surface area (Å²) in [5.41, 5.74) is 1.22. The summed E-state index contributed by atoms with van der Waals surface area (Å²) in [6.45, 7) is 0.891. The van der Waals surface area contributed by atoms with Crippen molar-refractivity contribution in [2.45, 2.75) is 38.1 Å². The SMILES string of the molecule is COc1ccc(CCN(C)C(=S)N[C@@H]2C[C@H]3CC[C@H]2C3)cc1OC. The maximum Gasteiger partial charge on any atom is 0.168 e. The Hall–Kier alpha value is -1.49. The quantitative estimate of drug-likeness (QED) is 0.798. The minimum Gasteiger partial charge on any atom is -0.493 e. The molecule has 0 heterocycles. The highest BCUT2D eigenvalue weighted by Gasteiger charge is 2.39. The molecule has 2 aliphatic carbocycles. The van der Waals surface area contributed by atoms with Gasteiger partial charge < -0.3 is 19.7 Å². The van der Waals surface area contributed by atoms with Crippen LogP contribution in [0.3, 0.4) is 0 Å². The smallest absolute Gasteiger partial charge is 0.168 e. The fraction of sp³-hybridized carbons (Fsp3) is 0.632. The summed E-state index contributed by atoms with van der Waals surface area (Å²) in [5, 5.41) is 4.48. The van der Waals surface area contributed by atoms with Gasteiger partial charge in [0, 0.05) is 19.6 Å². The molecule has 1 aromatic carbocycles.